The van der Waals surface area contributed by atoms with E-state index in [0.29, 0.717) is 0 Å². The Morgan fingerprint density at radius 3 is 2.79 bits per heavy atom. The van der Waals surface area contributed by atoms with E-state index in [1.807, 2.05) is 29.8 Å². The lowest BCUT2D eigenvalue weighted by Crippen LogP contribution is -1.90. The van der Waals surface area contributed by atoms with Crippen molar-refractivity contribution >= 4 is 5.65 Å². The molecule has 0 aromatic carbocycles. The molecule has 0 unspecified atom stereocenters. The normalized spacial score (nSPS) is 9.57. The Kier molecular flexibility index (Phi) is 3.40. The van der Waals surface area contributed by atoms with Crippen LogP contribution >= 0.6 is 0 Å². The van der Waals surface area contributed by atoms with Crippen LogP contribution in [0.15, 0.2) is 31.5 Å². The van der Waals surface area contributed by atoms with E-state index >= 15 is 0 Å². The predicted octanol–water partition coefficient (Wildman–Crippen LogP) is 2.40. The van der Waals surface area contributed by atoms with Crippen molar-refractivity contribution in [1.82, 2.24) is 14.6 Å². The number of aromatic nitrogens is 3. The first-order valence-corrected chi connectivity index (χ1v) is 4.61. The fourth-order valence-corrected chi connectivity index (χ4v) is 1.20. The smallest absolute Gasteiger partial charge is 0.155 e. The van der Waals surface area contributed by atoms with Crippen LogP contribution in [0.5, 0.6) is 0 Å². The summed E-state index contributed by atoms with van der Waals surface area (Å²) in [5.41, 5.74) is 3.06. The van der Waals surface area contributed by atoms with Gasteiger partial charge in [-0.25, -0.2) is 9.50 Å². The van der Waals surface area contributed by atoms with E-state index in [9.17, 15) is 0 Å². The Morgan fingerprint density at radius 1 is 1.43 bits per heavy atom. The summed E-state index contributed by atoms with van der Waals surface area (Å²) in [5.74, 6) is 0. The molecule has 2 heterocycles. The van der Waals surface area contributed by atoms with Crippen molar-refractivity contribution < 1.29 is 0 Å². The summed E-state index contributed by atoms with van der Waals surface area (Å²) in [6.07, 6.45) is 2.90. The van der Waals surface area contributed by atoms with Gasteiger partial charge in [0.1, 0.15) is 0 Å². The van der Waals surface area contributed by atoms with Crippen LogP contribution in [-0.4, -0.2) is 14.6 Å². The zero-order valence-corrected chi connectivity index (χ0v) is 8.70. The lowest BCUT2D eigenvalue weighted by Gasteiger charge is -1.91. The molecule has 0 aliphatic heterocycles. The van der Waals surface area contributed by atoms with E-state index in [1.54, 1.807) is 0 Å². The highest BCUT2D eigenvalue weighted by atomic mass is 15.2. The number of rotatable bonds is 1. The van der Waals surface area contributed by atoms with Crippen LogP contribution in [0.1, 0.15) is 18.3 Å². The van der Waals surface area contributed by atoms with Gasteiger partial charge in [0, 0.05) is 18.0 Å². The third-order valence-electron chi connectivity index (χ3n) is 1.88. The second kappa shape index (κ2) is 4.56. The molecule has 74 valence electrons. The molecule has 2 rings (SSSR count). The molecule has 0 bridgehead atoms. The molecule has 0 fully saturated rings. The lowest BCUT2D eigenvalue weighted by molar-refractivity contribution is 0.882. The Balaban J connectivity index is 0.000000461. The highest BCUT2D eigenvalue weighted by Gasteiger charge is 1.99. The zero-order valence-electron chi connectivity index (χ0n) is 8.70. The molecule has 0 spiro atoms. The van der Waals surface area contributed by atoms with Gasteiger partial charge in [0.05, 0.1) is 5.69 Å². The van der Waals surface area contributed by atoms with Gasteiger partial charge in [-0.05, 0) is 19.4 Å². The zero-order chi connectivity index (χ0) is 10.6. The molecular weight excluding hydrogens is 174 g/mol. The quantitative estimate of drug-likeness (QED) is 0.645. The molecule has 3 heteroatoms. The average Bonchev–Trinajstić information content (AvgIpc) is 2.62. The van der Waals surface area contributed by atoms with Crippen molar-refractivity contribution in [2.75, 3.05) is 0 Å². The molecule has 0 aliphatic carbocycles. The van der Waals surface area contributed by atoms with Crippen LogP contribution in [0.4, 0.5) is 0 Å². The van der Waals surface area contributed by atoms with Gasteiger partial charge in [-0.3, -0.25) is 0 Å². The minimum absolute atomic E-state index is 0.937. The van der Waals surface area contributed by atoms with Crippen LogP contribution in [0.25, 0.3) is 5.65 Å². The molecule has 0 saturated carbocycles. The first-order chi connectivity index (χ1) is 6.79. The van der Waals surface area contributed by atoms with Crippen molar-refractivity contribution in [1.29, 1.82) is 0 Å². The molecule has 14 heavy (non-hydrogen) atoms. The molecule has 0 amide bonds. The van der Waals surface area contributed by atoms with Crippen molar-refractivity contribution in [3.63, 3.8) is 0 Å². The van der Waals surface area contributed by atoms with Crippen LogP contribution < -0.4 is 0 Å². The topological polar surface area (TPSA) is 30.2 Å². The number of aryl methyl sites for hydroxylation is 2. The summed E-state index contributed by atoms with van der Waals surface area (Å²) in [7, 11) is 0. The number of hydrogen-bond donors (Lipinski definition) is 0. The van der Waals surface area contributed by atoms with E-state index in [2.05, 4.69) is 30.2 Å². The van der Waals surface area contributed by atoms with Crippen LogP contribution in [0.2, 0.25) is 0 Å². The monoisotopic (exact) mass is 189 g/mol. The minimum Gasteiger partial charge on any atom is -0.234 e. The molecule has 3 nitrogen and oxygen atoms in total. The summed E-state index contributed by atoms with van der Waals surface area (Å²) >= 11 is 0. The van der Waals surface area contributed by atoms with Gasteiger partial charge in [0.25, 0.3) is 0 Å². The molecule has 2 aromatic rings. The molecule has 2 aromatic heterocycles. The molecular formula is C11H15N3. The third kappa shape index (κ3) is 1.99. The molecule has 0 N–H and O–H groups in total. The summed E-state index contributed by atoms with van der Waals surface area (Å²) in [6, 6.07) is 3.98. The summed E-state index contributed by atoms with van der Waals surface area (Å²) in [4.78, 5) is 4.34. The molecule has 0 atom stereocenters. The van der Waals surface area contributed by atoms with Gasteiger partial charge >= 0.3 is 0 Å². The van der Waals surface area contributed by atoms with Crippen molar-refractivity contribution in [2.24, 2.45) is 0 Å². The average molecular weight is 189 g/mol. The van der Waals surface area contributed by atoms with Crippen LogP contribution in [-0.2, 0) is 6.42 Å². The number of fused-ring (bicyclic) bond motifs is 1. The van der Waals surface area contributed by atoms with Crippen molar-refractivity contribution in [3.8, 4) is 0 Å². The largest absolute Gasteiger partial charge is 0.234 e. The van der Waals surface area contributed by atoms with E-state index < -0.39 is 0 Å². The van der Waals surface area contributed by atoms with Gasteiger partial charge < -0.3 is 0 Å². The predicted molar refractivity (Wildman–Crippen MR) is 58.4 cm³/mol. The standard InChI is InChI=1S/C9H11N3.C2H4/c1-3-8-6-9-10-7(2)4-5-12(9)11-8;1-2/h4-6H,3H2,1-2H3;1-2H2. The van der Waals surface area contributed by atoms with Gasteiger partial charge in [-0.15, -0.1) is 13.2 Å². The first kappa shape index (κ1) is 10.4. The summed E-state index contributed by atoms with van der Waals surface area (Å²) in [5, 5.41) is 4.33. The maximum Gasteiger partial charge on any atom is 0.155 e. The number of hydrogen-bond acceptors (Lipinski definition) is 2. The number of nitrogens with zero attached hydrogens (tertiary/aromatic N) is 3. The Labute approximate surface area is 84.1 Å². The maximum atomic E-state index is 4.34. The maximum absolute atomic E-state index is 4.34. The summed E-state index contributed by atoms with van der Waals surface area (Å²) < 4.78 is 1.81. The van der Waals surface area contributed by atoms with E-state index in [4.69, 9.17) is 0 Å². The van der Waals surface area contributed by atoms with E-state index in [-0.39, 0.29) is 0 Å². The second-order valence-corrected chi connectivity index (χ2v) is 2.86. The van der Waals surface area contributed by atoms with Crippen LogP contribution in [0, 0.1) is 6.92 Å². The molecule has 0 aliphatic rings. The fraction of sp³-hybridized carbons (Fsp3) is 0.273. The van der Waals surface area contributed by atoms with Crippen molar-refractivity contribution in [2.45, 2.75) is 20.3 Å². The lowest BCUT2D eigenvalue weighted by atomic mass is 10.3. The Hall–Kier alpha value is -1.64. The van der Waals surface area contributed by atoms with Crippen LogP contribution in [0.3, 0.4) is 0 Å². The third-order valence-corrected chi connectivity index (χ3v) is 1.88. The fourth-order valence-electron chi connectivity index (χ4n) is 1.20. The second-order valence-electron chi connectivity index (χ2n) is 2.86. The molecule has 0 radical (unpaired) electrons. The highest BCUT2D eigenvalue weighted by molar-refractivity contribution is 5.39. The summed E-state index contributed by atoms with van der Waals surface area (Å²) in [6.45, 7) is 10.1. The van der Waals surface area contributed by atoms with Gasteiger partial charge in [0.2, 0.25) is 0 Å². The Morgan fingerprint density at radius 2 is 2.14 bits per heavy atom. The molecule has 0 saturated heterocycles. The Bertz CT molecular complexity index is 417. The van der Waals surface area contributed by atoms with Gasteiger partial charge in [0.15, 0.2) is 5.65 Å². The van der Waals surface area contributed by atoms with Gasteiger partial charge in [-0.2, -0.15) is 5.10 Å². The SMILES string of the molecule is C=C.CCc1cc2nc(C)ccn2n1. The highest BCUT2D eigenvalue weighted by Crippen LogP contribution is 2.04. The van der Waals surface area contributed by atoms with Crippen molar-refractivity contribution in [3.05, 3.63) is 42.9 Å². The van der Waals surface area contributed by atoms with E-state index in [0.717, 1.165) is 23.5 Å². The van der Waals surface area contributed by atoms with E-state index in [1.165, 1.54) is 0 Å². The van der Waals surface area contributed by atoms with Gasteiger partial charge in [-0.1, -0.05) is 6.92 Å². The minimum atomic E-state index is 0.937. The first-order valence-electron chi connectivity index (χ1n) is 4.61.